The van der Waals surface area contributed by atoms with Gasteiger partial charge in [-0.3, -0.25) is 0 Å². The first-order chi connectivity index (χ1) is 11.8. The van der Waals surface area contributed by atoms with Gasteiger partial charge in [-0.15, -0.1) is 0 Å². The lowest BCUT2D eigenvalue weighted by Gasteiger charge is -2.10. The molecule has 0 saturated heterocycles. The van der Waals surface area contributed by atoms with Gasteiger partial charge in [-0.2, -0.15) is 11.3 Å². The van der Waals surface area contributed by atoms with Gasteiger partial charge in [0.2, 0.25) is 0 Å². The predicted octanol–water partition coefficient (Wildman–Crippen LogP) is 4.54. The van der Waals surface area contributed by atoms with Gasteiger partial charge in [0.25, 0.3) is 0 Å². The zero-order valence-corrected chi connectivity index (χ0v) is 13.8. The Morgan fingerprint density at radius 3 is 2.67 bits per heavy atom. The lowest BCUT2D eigenvalue weighted by atomic mass is 10.2. The standard InChI is InChI=1S/C18H15N5S/c1-19-16-7-6-13(10-20-16)21-18-14-4-2-3-5-15(14)22-17(23-18)12-8-9-24-11-12/h2-11H,1H3,(H,19,20)(H,21,22,23). The summed E-state index contributed by atoms with van der Waals surface area (Å²) in [6.45, 7) is 0. The van der Waals surface area contributed by atoms with Crippen LogP contribution < -0.4 is 10.6 Å². The maximum atomic E-state index is 4.72. The molecule has 0 bridgehead atoms. The number of aromatic nitrogens is 3. The van der Waals surface area contributed by atoms with Crippen LogP contribution in [-0.2, 0) is 0 Å². The van der Waals surface area contributed by atoms with Crippen LogP contribution >= 0.6 is 11.3 Å². The monoisotopic (exact) mass is 333 g/mol. The molecular formula is C18H15N5S. The van der Waals surface area contributed by atoms with Crippen LogP contribution in [0.15, 0.2) is 59.4 Å². The van der Waals surface area contributed by atoms with Gasteiger partial charge in [0.15, 0.2) is 5.82 Å². The molecule has 5 nitrogen and oxygen atoms in total. The van der Waals surface area contributed by atoms with Crippen molar-refractivity contribution in [3.05, 3.63) is 59.4 Å². The number of fused-ring (bicyclic) bond motifs is 1. The highest BCUT2D eigenvalue weighted by Crippen LogP contribution is 2.28. The molecule has 0 aliphatic rings. The first kappa shape index (κ1) is 14.6. The third-order valence-corrected chi connectivity index (χ3v) is 4.35. The van der Waals surface area contributed by atoms with E-state index in [1.807, 2.05) is 54.9 Å². The second-order valence-electron chi connectivity index (χ2n) is 5.23. The summed E-state index contributed by atoms with van der Waals surface area (Å²) >= 11 is 1.64. The van der Waals surface area contributed by atoms with Crippen LogP contribution in [0.1, 0.15) is 0 Å². The molecule has 0 saturated carbocycles. The zero-order chi connectivity index (χ0) is 16.4. The van der Waals surface area contributed by atoms with E-state index in [-0.39, 0.29) is 0 Å². The largest absolute Gasteiger partial charge is 0.373 e. The molecule has 0 radical (unpaired) electrons. The number of para-hydroxylation sites is 1. The summed E-state index contributed by atoms with van der Waals surface area (Å²) < 4.78 is 0. The molecule has 0 amide bonds. The van der Waals surface area contributed by atoms with Gasteiger partial charge in [-0.1, -0.05) is 12.1 Å². The van der Waals surface area contributed by atoms with E-state index in [4.69, 9.17) is 4.98 Å². The van der Waals surface area contributed by atoms with Crippen molar-refractivity contribution >= 4 is 39.6 Å². The smallest absolute Gasteiger partial charge is 0.163 e. The summed E-state index contributed by atoms with van der Waals surface area (Å²) in [5.74, 6) is 2.32. The van der Waals surface area contributed by atoms with Crippen molar-refractivity contribution in [1.82, 2.24) is 15.0 Å². The minimum atomic E-state index is 0.720. The summed E-state index contributed by atoms with van der Waals surface area (Å²) in [7, 11) is 1.85. The SMILES string of the molecule is CNc1ccc(Nc2nc(-c3ccsc3)nc3ccccc23)cn1. The van der Waals surface area contributed by atoms with Crippen LogP contribution in [0.3, 0.4) is 0 Å². The van der Waals surface area contributed by atoms with E-state index >= 15 is 0 Å². The molecule has 24 heavy (non-hydrogen) atoms. The van der Waals surface area contributed by atoms with Gasteiger partial charge in [0.05, 0.1) is 17.4 Å². The number of anilines is 3. The lowest BCUT2D eigenvalue weighted by Crippen LogP contribution is -2.00. The molecule has 6 heteroatoms. The van der Waals surface area contributed by atoms with Crippen LogP contribution in [0, 0.1) is 0 Å². The minimum Gasteiger partial charge on any atom is -0.373 e. The third-order valence-electron chi connectivity index (χ3n) is 3.66. The minimum absolute atomic E-state index is 0.720. The van der Waals surface area contributed by atoms with Crippen molar-refractivity contribution in [2.45, 2.75) is 0 Å². The van der Waals surface area contributed by atoms with Crippen LogP contribution in [0.25, 0.3) is 22.3 Å². The van der Waals surface area contributed by atoms with Gasteiger partial charge < -0.3 is 10.6 Å². The molecule has 0 spiro atoms. The van der Waals surface area contributed by atoms with Crippen LogP contribution in [-0.4, -0.2) is 22.0 Å². The quantitative estimate of drug-likeness (QED) is 0.574. The average Bonchev–Trinajstić information content (AvgIpc) is 3.17. The molecule has 4 aromatic rings. The fraction of sp³-hybridized carbons (Fsp3) is 0.0556. The van der Waals surface area contributed by atoms with Crippen molar-refractivity contribution in [3.8, 4) is 11.4 Å². The number of nitrogens with one attached hydrogen (secondary N) is 2. The lowest BCUT2D eigenvalue weighted by molar-refractivity contribution is 1.22. The fourth-order valence-electron chi connectivity index (χ4n) is 2.45. The Morgan fingerprint density at radius 2 is 1.92 bits per heavy atom. The summed E-state index contributed by atoms with van der Waals surface area (Å²) in [6.07, 6.45) is 1.78. The van der Waals surface area contributed by atoms with Crippen molar-refractivity contribution in [2.75, 3.05) is 17.7 Å². The fourth-order valence-corrected chi connectivity index (χ4v) is 3.08. The van der Waals surface area contributed by atoms with Gasteiger partial charge in [0.1, 0.15) is 11.6 Å². The first-order valence-corrected chi connectivity index (χ1v) is 8.48. The van der Waals surface area contributed by atoms with Gasteiger partial charge in [-0.25, -0.2) is 15.0 Å². The Hall–Kier alpha value is -2.99. The molecule has 0 atom stereocenters. The Kier molecular flexibility index (Phi) is 3.80. The highest BCUT2D eigenvalue weighted by Gasteiger charge is 2.10. The Balaban J connectivity index is 1.80. The second kappa shape index (κ2) is 6.25. The van der Waals surface area contributed by atoms with E-state index < -0.39 is 0 Å². The first-order valence-electron chi connectivity index (χ1n) is 7.54. The number of nitrogens with zero attached hydrogens (tertiary/aromatic N) is 3. The number of rotatable bonds is 4. The average molecular weight is 333 g/mol. The van der Waals surface area contributed by atoms with Gasteiger partial charge in [-0.05, 0) is 35.7 Å². The van der Waals surface area contributed by atoms with Crippen LogP contribution in [0.2, 0.25) is 0 Å². The topological polar surface area (TPSA) is 62.7 Å². The predicted molar refractivity (Wildman–Crippen MR) is 99.9 cm³/mol. The maximum Gasteiger partial charge on any atom is 0.163 e. The molecule has 1 aromatic carbocycles. The van der Waals surface area contributed by atoms with Crippen LogP contribution in [0.4, 0.5) is 17.3 Å². The highest BCUT2D eigenvalue weighted by molar-refractivity contribution is 7.08. The number of hydrogen-bond acceptors (Lipinski definition) is 6. The maximum absolute atomic E-state index is 4.72. The normalized spacial score (nSPS) is 10.7. The molecule has 2 N–H and O–H groups in total. The number of pyridine rings is 1. The zero-order valence-electron chi connectivity index (χ0n) is 13.0. The molecule has 118 valence electrons. The molecule has 3 aromatic heterocycles. The Labute approximate surface area is 143 Å². The summed E-state index contributed by atoms with van der Waals surface area (Å²) in [5, 5.41) is 11.4. The third kappa shape index (κ3) is 2.79. The Bertz CT molecular complexity index is 965. The number of thiophene rings is 1. The van der Waals surface area contributed by atoms with E-state index in [0.717, 1.165) is 39.6 Å². The van der Waals surface area contributed by atoms with Crippen molar-refractivity contribution in [3.63, 3.8) is 0 Å². The van der Waals surface area contributed by atoms with Crippen molar-refractivity contribution in [1.29, 1.82) is 0 Å². The van der Waals surface area contributed by atoms with E-state index in [9.17, 15) is 0 Å². The second-order valence-corrected chi connectivity index (χ2v) is 6.01. The molecule has 0 fully saturated rings. The molecule has 0 aliphatic carbocycles. The van der Waals surface area contributed by atoms with Crippen molar-refractivity contribution < 1.29 is 0 Å². The molecule has 0 aliphatic heterocycles. The van der Waals surface area contributed by atoms with E-state index in [0.29, 0.717) is 0 Å². The number of benzene rings is 1. The molecule has 0 unspecified atom stereocenters. The summed E-state index contributed by atoms with van der Waals surface area (Å²) in [6, 6.07) is 13.9. The summed E-state index contributed by atoms with van der Waals surface area (Å²) in [4.78, 5) is 13.7. The molecular weight excluding hydrogens is 318 g/mol. The summed E-state index contributed by atoms with van der Waals surface area (Å²) in [5.41, 5.74) is 2.82. The van der Waals surface area contributed by atoms with E-state index in [2.05, 4.69) is 26.0 Å². The van der Waals surface area contributed by atoms with E-state index in [1.165, 1.54) is 0 Å². The Morgan fingerprint density at radius 1 is 1.00 bits per heavy atom. The van der Waals surface area contributed by atoms with Gasteiger partial charge >= 0.3 is 0 Å². The van der Waals surface area contributed by atoms with Crippen LogP contribution in [0.5, 0.6) is 0 Å². The van der Waals surface area contributed by atoms with E-state index in [1.54, 1.807) is 17.5 Å². The number of hydrogen-bond donors (Lipinski definition) is 2. The molecule has 3 heterocycles. The molecule has 4 rings (SSSR count). The van der Waals surface area contributed by atoms with Crippen molar-refractivity contribution in [2.24, 2.45) is 0 Å². The highest BCUT2D eigenvalue weighted by atomic mass is 32.1. The van der Waals surface area contributed by atoms with Gasteiger partial charge in [0, 0.05) is 23.4 Å².